The molecule has 1 amide bonds. The Morgan fingerprint density at radius 1 is 1.24 bits per heavy atom. The van der Waals surface area contributed by atoms with Crippen molar-refractivity contribution in [3.63, 3.8) is 0 Å². The Hall–Kier alpha value is -1.88. The van der Waals surface area contributed by atoms with E-state index in [0.717, 1.165) is 22.7 Å². The fraction of sp³-hybridized carbons (Fsp3) is 0.500. The molecule has 1 aliphatic rings. The summed E-state index contributed by atoms with van der Waals surface area (Å²) in [7, 11) is 1.65. The minimum absolute atomic E-state index is 0.0743. The molecule has 1 fully saturated rings. The van der Waals surface area contributed by atoms with Crippen molar-refractivity contribution in [1.29, 1.82) is 0 Å². The third-order valence-electron chi connectivity index (χ3n) is 4.83. The van der Waals surface area contributed by atoms with Gasteiger partial charge in [-0.3, -0.25) is 4.79 Å². The van der Waals surface area contributed by atoms with E-state index in [-0.39, 0.29) is 5.91 Å². The number of amides is 1. The Morgan fingerprint density at radius 2 is 2.00 bits per heavy atom. The Labute approximate surface area is 153 Å². The molecule has 0 spiro atoms. The first-order valence-electron chi connectivity index (χ1n) is 9.08. The quantitative estimate of drug-likeness (QED) is 0.795. The second-order valence-corrected chi connectivity index (χ2v) is 7.57. The molecule has 1 saturated carbocycles. The molecule has 1 N–H and O–H groups in total. The van der Waals surface area contributed by atoms with Crippen molar-refractivity contribution in [1.82, 2.24) is 10.3 Å². The molecule has 25 heavy (non-hydrogen) atoms. The van der Waals surface area contributed by atoms with E-state index >= 15 is 0 Å². The average molecular weight is 359 g/mol. The van der Waals surface area contributed by atoms with Crippen molar-refractivity contribution in [2.45, 2.75) is 57.4 Å². The predicted molar refractivity (Wildman–Crippen MR) is 101 cm³/mol. The normalized spacial score (nSPS) is 15.1. The van der Waals surface area contributed by atoms with Crippen LogP contribution < -0.4 is 10.1 Å². The molecule has 0 unspecified atom stereocenters. The summed E-state index contributed by atoms with van der Waals surface area (Å²) >= 11 is 1.66. The van der Waals surface area contributed by atoms with E-state index in [4.69, 9.17) is 9.72 Å². The van der Waals surface area contributed by atoms with Gasteiger partial charge in [-0.1, -0.05) is 31.4 Å². The van der Waals surface area contributed by atoms with Crippen LogP contribution in [0.15, 0.2) is 29.6 Å². The average Bonchev–Trinajstić information content (AvgIpc) is 3.15. The Bertz CT molecular complexity index is 675. The largest absolute Gasteiger partial charge is 0.497 e. The number of benzene rings is 1. The number of carbonyl (C=O) groups is 1. The van der Waals surface area contributed by atoms with E-state index in [0.29, 0.717) is 18.9 Å². The summed E-state index contributed by atoms with van der Waals surface area (Å²) in [6.45, 7) is 0.541. The maximum atomic E-state index is 12.1. The number of aromatic nitrogens is 1. The lowest BCUT2D eigenvalue weighted by molar-refractivity contribution is -0.121. The van der Waals surface area contributed by atoms with Crippen LogP contribution in [0.4, 0.5) is 0 Å². The molecule has 1 aliphatic carbocycles. The molecule has 5 heteroatoms. The lowest BCUT2D eigenvalue weighted by Gasteiger charge is -2.19. The molecule has 3 rings (SSSR count). The highest BCUT2D eigenvalue weighted by Gasteiger charge is 2.18. The van der Waals surface area contributed by atoms with Gasteiger partial charge in [0.05, 0.1) is 19.3 Å². The van der Waals surface area contributed by atoms with E-state index in [9.17, 15) is 4.79 Å². The van der Waals surface area contributed by atoms with Gasteiger partial charge in [0.15, 0.2) is 0 Å². The zero-order chi connectivity index (χ0) is 17.5. The zero-order valence-corrected chi connectivity index (χ0v) is 15.6. The van der Waals surface area contributed by atoms with Gasteiger partial charge >= 0.3 is 0 Å². The van der Waals surface area contributed by atoms with Gasteiger partial charge in [0.1, 0.15) is 10.8 Å². The standard InChI is InChI=1S/C20H26N2O2S/c1-24-17-10-7-15(8-11-17)9-12-19(23)21-13-20-22-18(14-25-20)16-5-3-2-4-6-16/h7-8,10-11,14,16H,2-6,9,12-13H2,1H3,(H,21,23). The second-order valence-electron chi connectivity index (χ2n) is 6.63. The number of thiazole rings is 1. The summed E-state index contributed by atoms with van der Waals surface area (Å²) in [4.78, 5) is 16.8. The van der Waals surface area contributed by atoms with Gasteiger partial charge in [0.2, 0.25) is 5.91 Å². The number of nitrogens with one attached hydrogen (secondary N) is 1. The summed E-state index contributed by atoms with van der Waals surface area (Å²) in [6.07, 6.45) is 7.75. The monoisotopic (exact) mass is 358 g/mol. The molecule has 0 bridgehead atoms. The van der Waals surface area contributed by atoms with Gasteiger partial charge in [-0.25, -0.2) is 4.98 Å². The highest BCUT2D eigenvalue weighted by atomic mass is 32.1. The van der Waals surface area contributed by atoms with Crippen LogP contribution in [0.2, 0.25) is 0 Å². The van der Waals surface area contributed by atoms with Crippen molar-refractivity contribution in [2.75, 3.05) is 7.11 Å². The fourth-order valence-electron chi connectivity index (χ4n) is 3.30. The lowest BCUT2D eigenvalue weighted by atomic mass is 9.87. The Kier molecular flexibility index (Phi) is 6.45. The van der Waals surface area contributed by atoms with E-state index < -0.39 is 0 Å². The van der Waals surface area contributed by atoms with Crippen molar-refractivity contribution < 1.29 is 9.53 Å². The third kappa shape index (κ3) is 5.30. The maximum absolute atomic E-state index is 12.1. The van der Waals surface area contributed by atoms with Crippen LogP contribution in [-0.4, -0.2) is 18.0 Å². The zero-order valence-electron chi connectivity index (χ0n) is 14.8. The first-order chi connectivity index (χ1) is 12.2. The van der Waals surface area contributed by atoms with E-state index in [1.807, 2.05) is 24.3 Å². The van der Waals surface area contributed by atoms with Crippen LogP contribution in [0.1, 0.15) is 60.7 Å². The highest BCUT2D eigenvalue weighted by molar-refractivity contribution is 7.09. The molecule has 0 aliphatic heterocycles. The molecular formula is C20H26N2O2S. The number of hydrogen-bond acceptors (Lipinski definition) is 4. The summed E-state index contributed by atoms with van der Waals surface area (Å²) < 4.78 is 5.14. The van der Waals surface area contributed by atoms with Crippen LogP contribution in [0.5, 0.6) is 5.75 Å². The smallest absolute Gasteiger partial charge is 0.220 e. The molecule has 4 nitrogen and oxygen atoms in total. The van der Waals surface area contributed by atoms with Crippen molar-refractivity contribution in [3.8, 4) is 5.75 Å². The highest BCUT2D eigenvalue weighted by Crippen LogP contribution is 2.32. The molecule has 0 atom stereocenters. The van der Waals surface area contributed by atoms with Crippen LogP contribution in [0, 0.1) is 0 Å². The van der Waals surface area contributed by atoms with Crippen LogP contribution in [-0.2, 0) is 17.8 Å². The Balaban J connectivity index is 1.41. The molecule has 2 aromatic rings. The minimum atomic E-state index is 0.0743. The summed E-state index contributed by atoms with van der Waals surface area (Å²) in [5.41, 5.74) is 2.37. The van der Waals surface area contributed by atoms with E-state index in [1.165, 1.54) is 37.8 Å². The van der Waals surface area contributed by atoms with Gasteiger partial charge in [-0.15, -0.1) is 11.3 Å². The summed E-state index contributed by atoms with van der Waals surface area (Å²) in [5.74, 6) is 1.54. The topological polar surface area (TPSA) is 51.2 Å². The van der Waals surface area contributed by atoms with Gasteiger partial charge < -0.3 is 10.1 Å². The summed E-state index contributed by atoms with van der Waals surface area (Å²) in [5, 5.41) is 6.18. The molecule has 1 heterocycles. The number of carbonyl (C=O) groups excluding carboxylic acids is 1. The lowest BCUT2D eigenvalue weighted by Crippen LogP contribution is -2.23. The van der Waals surface area contributed by atoms with E-state index in [1.54, 1.807) is 18.4 Å². The number of rotatable bonds is 7. The third-order valence-corrected chi connectivity index (χ3v) is 5.70. The van der Waals surface area contributed by atoms with E-state index in [2.05, 4.69) is 10.7 Å². The fourth-order valence-corrected chi connectivity index (χ4v) is 4.12. The number of ether oxygens (including phenoxy) is 1. The van der Waals surface area contributed by atoms with Gasteiger partial charge in [0.25, 0.3) is 0 Å². The number of hydrogen-bond donors (Lipinski definition) is 1. The van der Waals surface area contributed by atoms with Gasteiger partial charge in [-0.05, 0) is 37.0 Å². The van der Waals surface area contributed by atoms with Gasteiger partial charge in [0, 0.05) is 17.7 Å². The first-order valence-corrected chi connectivity index (χ1v) is 9.96. The van der Waals surface area contributed by atoms with Crippen molar-refractivity contribution in [3.05, 3.63) is 45.9 Å². The molecular weight excluding hydrogens is 332 g/mol. The summed E-state index contributed by atoms with van der Waals surface area (Å²) in [6, 6.07) is 7.86. The van der Waals surface area contributed by atoms with Crippen LogP contribution in [0.25, 0.3) is 0 Å². The molecule has 1 aromatic heterocycles. The minimum Gasteiger partial charge on any atom is -0.497 e. The first kappa shape index (κ1) is 17.9. The molecule has 0 radical (unpaired) electrons. The predicted octanol–water partition coefficient (Wildman–Crippen LogP) is 4.45. The van der Waals surface area contributed by atoms with Crippen LogP contribution >= 0.6 is 11.3 Å². The number of aryl methyl sites for hydroxylation is 1. The maximum Gasteiger partial charge on any atom is 0.220 e. The molecule has 1 aromatic carbocycles. The molecule has 134 valence electrons. The second kappa shape index (κ2) is 8.99. The van der Waals surface area contributed by atoms with Crippen molar-refractivity contribution in [2.24, 2.45) is 0 Å². The van der Waals surface area contributed by atoms with Gasteiger partial charge in [-0.2, -0.15) is 0 Å². The SMILES string of the molecule is COc1ccc(CCC(=O)NCc2nc(C3CCCCC3)cs2)cc1. The number of nitrogens with zero attached hydrogens (tertiary/aromatic N) is 1. The number of methoxy groups -OCH3 is 1. The Morgan fingerprint density at radius 3 is 2.72 bits per heavy atom. The van der Waals surface area contributed by atoms with Crippen LogP contribution in [0.3, 0.4) is 0 Å². The molecule has 0 saturated heterocycles. The van der Waals surface area contributed by atoms with Crippen molar-refractivity contribution >= 4 is 17.2 Å².